The van der Waals surface area contributed by atoms with Gasteiger partial charge in [-0.25, -0.2) is 8.42 Å². The Kier molecular flexibility index (Phi) is 7.68. The molecule has 0 spiro atoms. The highest BCUT2D eigenvalue weighted by Crippen LogP contribution is 2.30. The second-order valence-electron chi connectivity index (χ2n) is 7.76. The first-order valence-electron chi connectivity index (χ1n) is 10.4. The Balaban J connectivity index is 1.66. The summed E-state index contributed by atoms with van der Waals surface area (Å²) >= 11 is 0. The van der Waals surface area contributed by atoms with Crippen LogP contribution in [0.4, 0.5) is 11.4 Å². The van der Waals surface area contributed by atoms with E-state index in [0.29, 0.717) is 25.9 Å². The van der Waals surface area contributed by atoms with Gasteiger partial charge in [0.1, 0.15) is 5.75 Å². The number of nitro groups is 1. The number of piperidine rings is 1. The van der Waals surface area contributed by atoms with Gasteiger partial charge < -0.3 is 15.8 Å². The molecule has 3 rings (SSSR count). The van der Waals surface area contributed by atoms with Crippen LogP contribution >= 0.6 is 0 Å². The molecule has 34 heavy (non-hydrogen) atoms. The van der Waals surface area contributed by atoms with Crippen molar-refractivity contribution in [2.24, 2.45) is 5.73 Å². The first-order valence-corrected chi connectivity index (χ1v) is 11.8. The summed E-state index contributed by atoms with van der Waals surface area (Å²) in [7, 11) is -2.79. The van der Waals surface area contributed by atoms with Crippen LogP contribution in [0.3, 0.4) is 0 Å². The molecule has 0 saturated carbocycles. The summed E-state index contributed by atoms with van der Waals surface area (Å²) in [6.45, 7) is 1.46. The van der Waals surface area contributed by atoms with Crippen molar-refractivity contribution < 1.29 is 27.7 Å². The van der Waals surface area contributed by atoms with Crippen LogP contribution in [0, 0.1) is 10.1 Å². The number of benzene rings is 2. The zero-order valence-electron chi connectivity index (χ0n) is 18.4. The Morgan fingerprint density at radius 1 is 1.18 bits per heavy atom. The number of sulfonamides is 1. The molecule has 2 amide bonds. The third-order valence-electron chi connectivity index (χ3n) is 5.37. The van der Waals surface area contributed by atoms with Crippen LogP contribution in [0.2, 0.25) is 0 Å². The highest BCUT2D eigenvalue weighted by Gasteiger charge is 2.23. The molecule has 0 atom stereocenters. The molecular formula is C21H25N5O7S. The summed E-state index contributed by atoms with van der Waals surface area (Å²) in [5.41, 5.74) is 5.10. The maximum absolute atomic E-state index is 12.8. The molecule has 1 saturated heterocycles. The van der Waals surface area contributed by atoms with E-state index < -0.39 is 20.9 Å². The number of rotatable bonds is 9. The second-order valence-corrected chi connectivity index (χ2v) is 9.44. The number of carbonyl (C=O) groups is 2. The van der Waals surface area contributed by atoms with Crippen molar-refractivity contribution in [3.63, 3.8) is 0 Å². The highest BCUT2D eigenvalue weighted by atomic mass is 32.2. The normalized spacial score (nSPS) is 14.9. The van der Waals surface area contributed by atoms with Crippen LogP contribution in [0.15, 0.2) is 47.4 Å². The number of hydrogen-bond donors (Lipinski definition) is 3. The Morgan fingerprint density at radius 3 is 2.38 bits per heavy atom. The lowest BCUT2D eigenvalue weighted by molar-refractivity contribution is -0.384. The fourth-order valence-electron chi connectivity index (χ4n) is 3.60. The third kappa shape index (κ3) is 6.20. The average molecular weight is 492 g/mol. The first kappa shape index (κ1) is 24.9. The van der Waals surface area contributed by atoms with E-state index in [-0.39, 0.29) is 46.1 Å². The fraction of sp³-hybridized carbons (Fsp3) is 0.333. The van der Waals surface area contributed by atoms with E-state index in [0.717, 1.165) is 6.07 Å². The lowest BCUT2D eigenvalue weighted by atomic mass is 10.0. The lowest BCUT2D eigenvalue weighted by Gasteiger charge is -2.31. The molecule has 1 aliphatic rings. The molecule has 1 heterocycles. The molecule has 0 unspecified atom stereocenters. The predicted molar refractivity (Wildman–Crippen MR) is 123 cm³/mol. The van der Waals surface area contributed by atoms with Gasteiger partial charge in [0, 0.05) is 36.8 Å². The fourth-order valence-corrected chi connectivity index (χ4v) is 4.66. The topological polar surface area (TPSA) is 174 Å². The van der Waals surface area contributed by atoms with Crippen molar-refractivity contribution in [1.82, 2.24) is 10.2 Å². The number of methoxy groups -OCH3 is 1. The van der Waals surface area contributed by atoms with Gasteiger partial charge in [-0.05, 0) is 43.2 Å². The molecular weight excluding hydrogens is 466 g/mol. The van der Waals surface area contributed by atoms with Gasteiger partial charge in [0.25, 0.3) is 21.6 Å². The van der Waals surface area contributed by atoms with Gasteiger partial charge in [0.05, 0.1) is 29.2 Å². The maximum Gasteiger partial charge on any atom is 0.271 e. The minimum Gasteiger partial charge on any atom is -0.495 e. The Bertz CT molecular complexity index is 1180. The summed E-state index contributed by atoms with van der Waals surface area (Å²) < 4.78 is 32.9. The molecule has 0 aromatic heterocycles. The van der Waals surface area contributed by atoms with Crippen LogP contribution in [-0.4, -0.2) is 62.8 Å². The van der Waals surface area contributed by atoms with Crippen molar-refractivity contribution in [3.05, 3.63) is 58.1 Å². The molecule has 4 N–H and O–H groups in total. The monoisotopic (exact) mass is 491 g/mol. The molecule has 1 aliphatic heterocycles. The molecule has 2 aromatic rings. The number of anilines is 1. The minimum atomic E-state index is -4.10. The smallest absolute Gasteiger partial charge is 0.271 e. The number of nitro benzene ring substituents is 1. The van der Waals surface area contributed by atoms with Crippen LogP contribution < -0.4 is 20.5 Å². The van der Waals surface area contributed by atoms with E-state index in [4.69, 9.17) is 10.5 Å². The van der Waals surface area contributed by atoms with Gasteiger partial charge in [-0.15, -0.1) is 0 Å². The van der Waals surface area contributed by atoms with Crippen molar-refractivity contribution in [2.75, 3.05) is 31.5 Å². The lowest BCUT2D eigenvalue weighted by Crippen LogP contribution is -2.46. The predicted octanol–water partition coefficient (Wildman–Crippen LogP) is 1.08. The van der Waals surface area contributed by atoms with E-state index in [1.807, 2.05) is 4.90 Å². The van der Waals surface area contributed by atoms with E-state index in [9.17, 15) is 28.1 Å². The summed E-state index contributed by atoms with van der Waals surface area (Å²) in [5.74, 6) is -0.617. The van der Waals surface area contributed by atoms with Crippen molar-refractivity contribution in [1.29, 1.82) is 0 Å². The SMILES string of the molecule is COc1ccc([N+](=O)[O-])cc1NS(=O)(=O)c1ccc(C(=O)NC2CCN(CC(N)=O)CC2)cc1. The van der Waals surface area contributed by atoms with Gasteiger partial charge in [-0.1, -0.05) is 0 Å². The number of carbonyl (C=O) groups excluding carboxylic acids is 2. The van der Waals surface area contributed by atoms with E-state index in [1.165, 1.54) is 43.5 Å². The van der Waals surface area contributed by atoms with Crippen LogP contribution in [0.1, 0.15) is 23.2 Å². The van der Waals surface area contributed by atoms with E-state index >= 15 is 0 Å². The number of non-ortho nitro benzene ring substituents is 1. The largest absolute Gasteiger partial charge is 0.495 e. The number of primary amides is 1. The van der Waals surface area contributed by atoms with Gasteiger partial charge in [0.2, 0.25) is 5.91 Å². The van der Waals surface area contributed by atoms with Crippen molar-refractivity contribution in [3.8, 4) is 5.75 Å². The molecule has 0 aliphatic carbocycles. The molecule has 0 radical (unpaired) electrons. The molecule has 12 nitrogen and oxygen atoms in total. The zero-order valence-corrected chi connectivity index (χ0v) is 19.2. The van der Waals surface area contributed by atoms with E-state index in [2.05, 4.69) is 10.0 Å². The Morgan fingerprint density at radius 2 is 1.82 bits per heavy atom. The first-order chi connectivity index (χ1) is 16.1. The molecule has 0 bridgehead atoms. The molecule has 182 valence electrons. The van der Waals surface area contributed by atoms with Gasteiger partial charge in [-0.3, -0.25) is 29.3 Å². The molecule has 1 fully saturated rings. The summed E-state index contributed by atoms with van der Waals surface area (Å²) in [4.78, 5) is 35.8. The molecule has 2 aromatic carbocycles. The van der Waals surface area contributed by atoms with Gasteiger partial charge >= 0.3 is 0 Å². The average Bonchev–Trinajstić information content (AvgIpc) is 2.79. The van der Waals surface area contributed by atoms with Crippen LogP contribution in [0.5, 0.6) is 5.75 Å². The Labute approximate surface area is 196 Å². The second kappa shape index (κ2) is 10.5. The maximum atomic E-state index is 12.8. The number of ether oxygens (including phenoxy) is 1. The van der Waals surface area contributed by atoms with Crippen molar-refractivity contribution >= 4 is 33.2 Å². The highest BCUT2D eigenvalue weighted by molar-refractivity contribution is 7.92. The van der Waals surface area contributed by atoms with Gasteiger partial charge in [-0.2, -0.15) is 0 Å². The number of nitrogens with two attached hydrogens (primary N) is 1. The number of likely N-dealkylation sites (tertiary alicyclic amines) is 1. The van der Waals surface area contributed by atoms with E-state index in [1.54, 1.807) is 0 Å². The number of nitrogens with one attached hydrogen (secondary N) is 2. The summed E-state index contributed by atoms with van der Waals surface area (Å²) in [6.07, 6.45) is 1.33. The van der Waals surface area contributed by atoms with Gasteiger partial charge in [0.15, 0.2) is 0 Å². The minimum absolute atomic E-state index is 0.0666. The standard InChI is InChI=1S/C21H25N5O7S/c1-33-19-7-4-16(26(29)30)12-18(19)24-34(31,32)17-5-2-14(3-6-17)21(28)23-15-8-10-25(11-9-15)13-20(22)27/h2-7,12,15,24H,8-11,13H2,1H3,(H2,22,27)(H,23,28). The summed E-state index contributed by atoms with van der Waals surface area (Å²) in [6, 6.07) is 8.81. The Hall–Kier alpha value is -3.71. The number of amides is 2. The molecule has 13 heteroatoms. The quantitative estimate of drug-likeness (QED) is 0.345. The third-order valence-corrected chi connectivity index (χ3v) is 6.75. The number of nitrogens with zero attached hydrogens (tertiary/aromatic N) is 2. The summed E-state index contributed by atoms with van der Waals surface area (Å²) in [5, 5.41) is 13.9. The zero-order chi connectivity index (χ0) is 24.9. The van der Waals surface area contributed by atoms with Crippen molar-refractivity contribution in [2.45, 2.75) is 23.8 Å². The van der Waals surface area contributed by atoms with Crippen LogP contribution in [0.25, 0.3) is 0 Å². The number of hydrogen-bond acceptors (Lipinski definition) is 8. The van der Waals surface area contributed by atoms with Crippen LogP contribution in [-0.2, 0) is 14.8 Å².